The molecule has 2 aromatic heterocycles. The summed E-state index contributed by atoms with van der Waals surface area (Å²) in [5, 5.41) is 4.24. The van der Waals surface area contributed by atoms with Crippen molar-refractivity contribution >= 4 is 0 Å². The Balaban J connectivity index is 1.74. The highest BCUT2D eigenvalue weighted by atomic mass is 16.5. The average Bonchev–Trinajstić information content (AvgIpc) is 3.29. The van der Waals surface area contributed by atoms with Crippen LogP contribution in [0.1, 0.15) is 12.7 Å². The third-order valence-corrected chi connectivity index (χ3v) is 4.18. The van der Waals surface area contributed by atoms with Gasteiger partial charge in [0.2, 0.25) is 0 Å². The molecule has 0 atom stereocenters. The number of aromatic nitrogens is 3. The van der Waals surface area contributed by atoms with E-state index in [2.05, 4.69) is 10.1 Å². The third-order valence-electron chi connectivity index (χ3n) is 4.18. The molecule has 5 heteroatoms. The van der Waals surface area contributed by atoms with Crippen LogP contribution < -0.4 is 4.74 Å². The third kappa shape index (κ3) is 2.99. The highest BCUT2D eigenvalue weighted by Gasteiger charge is 2.18. The fourth-order valence-electron chi connectivity index (χ4n) is 2.96. The van der Waals surface area contributed by atoms with Gasteiger partial charge in [0.25, 0.3) is 0 Å². The van der Waals surface area contributed by atoms with Crippen LogP contribution in [0.2, 0.25) is 0 Å². The molecule has 2 aromatic carbocycles. The molecule has 0 radical (unpaired) electrons. The molecule has 130 valence electrons. The van der Waals surface area contributed by atoms with Crippen molar-refractivity contribution in [2.45, 2.75) is 13.8 Å². The summed E-state index contributed by atoms with van der Waals surface area (Å²) < 4.78 is 13.0. The SMILES string of the molecule is CCOc1cccc(-n2cnc(-c3c(-c4ccccc4)noc3C)c2)c1. The molecule has 0 aliphatic heterocycles. The van der Waals surface area contributed by atoms with Gasteiger partial charge in [-0.3, -0.25) is 0 Å². The molecule has 0 aliphatic carbocycles. The zero-order valence-corrected chi connectivity index (χ0v) is 14.7. The van der Waals surface area contributed by atoms with E-state index in [0.29, 0.717) is 6.61 Å². The summed E-state index contributed by atoms with van der Waals surface area (Å²) in [4.78, 5) is 4.58. The minimum Gasteiger partial charge on any atom is -0.494 e. The first kappa shape index (κ1) is 16.1. The number of benzene rings is 2. The van der Waals surface area contributed by atoms with Gasteiger partial charge in [0.05, 0.1) is 29.9 Å². The van der Waals surface area contributed by atoms with Gasteiger partial charge in [-0.05, 0) is 26.0 Å². The van der Waals surface area contributed by atoms with Gasteiger partial charge < -0.3 is 13.8 Å². The number of hydrogen-bond acceptors (Lipinski definition) is 4. The Labute approximate surface area is 151 Å². The van der Waals surface area contributed by atoms with Gasteiger partial charge in [0, 0.05) is 17.8 Å². The summed E-state index contributed by atoms with van der Waals surface area (Å²) in [5.74, 6) is 1.59. The minimum absolute atomic E-state index is 0.638. The fraction of sp³-hybridized carbons (Fsp3) is 0.143. The number of rotatable bonds is 5. The summed E-state index contributed by atoms with van der Waals surface area (Å²) in [6, 6.07) is 17.9. The average molecular weight is 345 g/mol. The van der Waals surface area contributed by atoms with Crippen LogP contribution in [0.3, 0.4) is 0 Å². The molecular formula is C21H19N3O2. The van der Waals surface area contributed by atoms with Crippen molar-refractivity contribution in [3.8, 4) is 34.0 Å². The number of hydrogen-bond donors (Lipinski definition) is 0. The first-order valence-corrected chi connectivity index (χ1v) is 8.55. The molecule has 0 bridgehead atoms. The van der Waals surface area contributed by atoms with Crippen LogP contribution in [-0.4, -0.2) is 21.3 Å². The molecule has 4 aromatic rings. The van der Waals surface area contributed by atoms with Crippen LogP contribution in [0.4, 0.5) is 0 Å². The second-order valence-corrected chi connectivity index (χ2v) is 5.92. The molecule has 0 amide bonds. The fourth-order valence-corrected chi connectivity index (χ4v) is 2.96. The zero-order chi connectivity index (χ0) is 17.9. The van der Waals surface area contributed by atoms with E-state index in [1.807, 2.05) is 79.2 Å². The zero-order valence-electron chi connectivity index (χ0n) is 14.7. The predicted molar refractivity (Wildman–Crippen MR) is 100 cm³/mol. The second kappa shape index (κ2) is 6.88. The lowest BCUT2D eigenvalue weighted by Crippen LogP contribution is -1.94. The molecule has 0 saturated carbocycles. The smallest absolute Gasteiger partial charge is 0.143 e. The predicted octanol–water partition coefficient (Wildman–Crippen LogP) is 4.90. The van der Waals surface area contributed by atoms with Gasteiger partial charge in [-0.2, -0.15) is 0 Å². The maximum atomic E-state index is 5.58. The van der Waals surface area contributed by atoms with Crippen LogP contribution in [-0.2, 0) is 0 Å². The van der Waals surface area contributed by atoms with Crippen molar-refractivity contribution in [1.82, 2.24) is 14.7 Å². The number of imidazole rings is 1. The standard InChI is InChI=1S/C21H19N3O2/c1-3-25-18-11-7-10-17(12-18)24-13-19(22-14-24)20-15(2)26-23-21(20)16-8-5-4-6-9-16/h4-14H,3H2,1-2H3. The molecule has 5 nitrogen and oxygen atoms in total. The van der Waals surface area contributed by atoms with E-state index >= 15 is 0 Å². The summed E-state index contributed by atoms with van der Waals surface area (Å²) in [6.07, 6.45) is 3.78. The van der Waals surface area contributed by atoms with E-state index in [-0.39, 0.29) is 0 Å². The highest BCUT2D eigenvalue weighted by molar-refractivity contribution is 5.79. The van der Waals surface area contributed by atoms with Crippen molar-refractivity contribution in [3.63, 3.8) is 0 Å². The van der Waals surface area contributed by atoms with Crippen molar-refractivity contribution in [1.29, 1.82) is 0 Å². The molecule has 26 heavy (non-hydrogen) atoms. The van der Waals surface area contributed by atoms with Gasteiger partial charge in [-0.1, -0.05) is 41.6 Å². The monoisotopic (exact) mass is 345 g/mol. The van der Waals surface area contributed by atoms with Crippen LogP contribution >= 0.6 is 0 Å². The summed E-state index contributed by atoms with van der Waals surface area (Å²) in [6.45, 7) is 4.52. The number of aryl methyl sites for hydroxylation is 1. The van der Waals surface area contributed by atoms with E-state index in [1.54, 1.807) is 6.33 Å². The maximum absolute atomic E-state index is 5.58. The van der Waals surface area contributed by atoms with Gasteiger partial charge in [-0.25, -0.2) is 4.98 Å². The Kier molecular flexibility index (Phi) is 4.27. The second-order valence-electron chi connectivity index (χ2n) is 5.92. The van der Waals surface area contributed by atoms with Crippen molar-refractivity contribution in [2.75, 3.05) is 6.61 Å². The Hall–Kier alpha value is -3.34. The topological polar surface area (TPSA) is 53.1 Å². The Morgan fingerprint density at radius 1 is 1.08 bits per heavy atom. The minimum atomic E-state index is 0.638. The summed E-state index contributed by atoms with van der Waals surface area (Å²) in [5.41, 5.74) is 4.54. The number of ether oxygens (including phenoxy) is 1. The van der Waals surface area contributed by atoms with Crippen LogP contribution in [0, 0.1) is 6.92 Å². The van der Waals surface area contributed by atoms with Crippen LogP contribution in [0.15, 0.2) is 71.6 Å². The first-order chi connectivity index (χ1) is 12.8. The molecule has 4 rings (SSSR count). The lowest BCUT2D eigenvalue weighted by molar-refractivity contribution is 0.340. The van der Waals surface area contributed by atoms with Gasteiger partial charge in [-0.15, -0.1) is 0 Å². The van der Waals surface area contributed by atoms with Gasteiger partial charge in [0.15, 0.2) is 0 Å². The van der Waals surface area contributed by atoms with Gasteiger partial charge >= 0.3 is 0 Å². The largest absolute Gasteiger partial charge is 0.494 e. The highest BCUT2D eigenvalue weighted by Crippen LogP contribution is 2.33. The maximum Gasteiger partial charge on any atom is 0.143 e. The van der Waals surface area contributed by atoms with Crippen LogP contribution in [0.25, 0.3) is 28.2 Å². The lowest BCUT2D eigenvalue weighted by atomic mass is 10.0. The molecule has 0 spiro atoms. The van der Waals surface area contributed by atoms with Crippen molar-refractivity contribution in [2.24, 2.45) is 0 Å². The van der Waals surface area contributed by atoms with Crippen molar-refractivity contribution < 1.29 is 9.26 Å². The molecule has 0 fully saturated rings. The van der Waals surface area contributed by atoms with E-state index in [1.165, 1.54) is 0 Å². The van der Waals surface area contributed by atoms with E-state index in [4.69, 9.17) is 9.26 Å². The Morgan fingerprint density at radius 3 is 2.73 bits per heavy atom. The molecule has 0 saturated heterocycles. The Bertz CT molecular complexity index is 1020. The Morgan fingerprint density at radius 2 is 1.92 bits per heavy atom. The molecule has 0 N–H and O–H groups in total. The van der Waals surface area contributed by atoms with E-state index in [0.717, 1.165) is 39.7 Å². The molecule has 2 heterocycles. The molecule has 0 unspecified atom stereocenters. The quantitative estimate of drug-likeness (QED) is 0.516. The van der Waals surface area contributed by atoms with E-state index < -0.39 is 0 Å². The van der Waals surface area contributed by atoms with Crippen molar-refractivity contribution in [3.05, 3.63) is 72.9 Å². The normalized spacial score (nSPS) is 10.8. The molecular weight excluding hydrogens is 326 g/mol. The lowest BCUT2D eigenvalue weighted by Gasteiger charge is -2.06. The molecule has 0 aliphatic rings. The summed E-state index contributed by atoms with van der Waals surface area (Å²) in [7, 11) is 0. The van der Waals surface area contributed by atoms with Gasteiger partial charge in [0.1, 0.15) is 17.2 Å². The first-order valence-electron chi connectivity index (χ1n) is 8.55. The summed E-state index contributed by atoms with van der Waals surface area (Å²) >= 11 is 0. The number of nitrogens with zero attached hydrogens (tertiary/aromatic N) is 3. The van der Waals surface area contributed by atoms with E-state index in [9.17, 15) is 0 Å². The van der Waals surface area contributed by atoms with Crippen LogP contribution in [0.5, 0.6) is 5.75 Å².